The van der Waals surface area contributed by atoms with E-state index in [4.69, 9.17) is 14.2 Å². The number of rotatable bonds is 14. The van der Waals surface area contributed by atoms with Gasteiger partial charge < -0.3 is 24.2 Å². The van der Waals surface area contributed by atoms with Crippen LogP contribution in [0.3, 0.4) is 0 Å². The number of allylic oxidation sites excluding steroid dienone is 1. The van der Waals surface area contributed by atoms with E-state index in [0.717, 1.165) is 16.9 Å². The van der Waals surface area contributed by atoms with Crippen LogP contribution < -0.4 is 9.47 Å². The van der Waals surface area contributed by atoms with E-state index < -0.39 is 0 Å². The van der Waals surface area contributed by atoms with Crippen LogP contribution in [0.15, 0.2) is 48.7 Å². The monoisotopic (exact) mass is 469 g/mol. The molecule has 7 heteroatoms. The zero-order valence-corrected chi connectivity index (χ0v) is 20.5. The van der Waals surface area contributed by atoms with Crippen molar-refractivity contribution in [3.8, 4) is 17.2 Å². The van der Waals surface area contributed by atoms with Gasteiger partial charge in [-0.2, -0.15) is 0 Å². The fraction of sp³-hybridized carbons (Fsp3) is 0.407. The molecule has 0 aromatic heterocycles. The van der Waals surface area contributed by atoms with Gasteiger partial charge in [-0.25, -0.2) is 0 Å². The van der Waals surface area contributed by atoms with Gasteiger partial charge in [0.25, 0.3) is 0 Å². The molecule has 0 saturated heterocycles. The summed E-state index contributed by atoms with van der Waals surface area (Å²) < 4.78 is 16.6. The topological polar surface area (TPSA) is 85.3 Å². The fourth-order valence-corrected chi connectivity index (χ4v) is 3.19. The minimum absolute atomic E-state index is 0.0973. The lowest BCUT2D eigenvalue weighted by Crippen LogP contribution is -2.07. The van der Waals surface area contributed by atoms with E-state index in [0.29, 0.717) is 51.3 Å². The summed E-state index contributed by atoms with van der Waals surface area (Å²) in [5.41, 5.74) is 2.17. The van der Waals surface area contributed by atoms with Gasteiger partial charge in [-0.05, 0) is 49.1 Å². The Balaban J connectivity index is 1.81. The quantitative estimate of drug-likeness (QED) is 0.188. The third-order valence-electron chi connectivity index (χ3n) is 5.01. The SMILES string of the molecule is CCOC(=O)CCc1ccc(OCCCOc2cc(O)c(C(=O)/C=C\N(C)C)cc2CC)cc1. The maximum absolute atomic E-state index is 12.3. The summed E-state index contributed by atoms with van der Waals surface area (Å²) in [6.07, 6.45) is 5.40. The second kappa shape index (κ2) is 13.9. The molecule has 0 bridgehead atoms. The standard InChI is InChI=1S/C27H35NO6/c1-5-21-18-23(24(29)14-15-28(3)4)25(30)19-26(21)34-17-7-16-33-22-11-8-20(9-12-22)10-13-27(31)32-6-2/h8-9,11-12,14-15,18-19,30H,5-7,10,13,16-17H2,1-4H3/b15-14-. The molecule has 0 unspecified atom stereocenters. The summed E-state index contributed by atoms with van der Waals surface area (Å²) in [4.78, 5) is 25.6. The van der Waals surface area contributed by atoms with Gasteiger partial charge in [0.2, 0.25) is 0 Å². The van der Waals surface area contributed by atoms with E-state index >= 15 is 0 Å². The number of phenols is 1. The first-order chi connectivity index (χ1) is 16.3. The Labute approximate surface area is 201 Å². The van der Waals surface area contributed by atoms with Crippen molar-refractivity contribution < 1.29 is 28.9 Å². The van der Waals surface area contributed by atoms with Crippen LogP contribution >= 0.6 is 0 Å². The number of hydrogen-bond acceptors (Lipinski definition) is 7. The van der Waals surface area contributed by atoms with Crippen molar-refractivity contribution in [3.05, 3.63) is 65.4 Å². The number of carbonyl (C=O) groups excluding carboxylic acids is 2. The minimum atomic E-state index is -0.257. The maximum atomic E-state index is 12.3. The van der Waals surface area contributed by atoms with Crippen molar-refractivity contribution >= 4 is 11.8 Å². The zero-order valence-electron chi connectivity index (χ0n) is 20.5. The Hall–Kier alpha value is -3.48. The Kier molecular flexibility index (Phi) is 11.0. The molecule has 0 aliphatic heterocycles. The second-order valence-corrected chi connectivity index (χ2v) is 7.97. The maximum Gasteiger partial charge on any atom is 0.306 e. The van der Waals surface area contributed by atoms with E-state index in [9.17, 15) is 14.7 Å². The molecule has 2 rings (SSSR count). The van der Waals surface area contributed by atoms with Crippen molar-refractivity contribution in [1.82, 2.24) is 4.90 Å². The van der Waals surface area contributed by atoms with Crippen molar-refractivity contribution in [1.29, 1.82) is 0 Å². The number of ketones is 1. The van der Waals surface area contributed by atoms with Gasteiger partial charge in [0.1, 0.15) is 17.2 Å². The van der Waals surface area contributed by atoms with Crippen LogP contribution in [-0.4, -0.2) is 55.7 Å². The summed E-state index contributed by atoms with van der Waals surface area (Å²) in [5.74, 6) is 0.775. The van der Waals surface area contributed by atoms with Gasteiger partial charge in [0.05, 0.1) is 25.4 Å². The Bertz CT molecular complexity index is 966. The highest BCUT2D eigenvalue weighted by Gasteiger charge is 2.14. The van der Waals surface area contributed by atoms with Gasteiger partial charge in [-0.15, -0.1) is 0 Å². The van der Waals surface area contributed by atoms with Gasteiger partial charge in [0.15, 0.2) is 5.78 Å². The third-order valence-corrected chi connectivity index (χ3v) is 5.01. The van der Waals surface area contributed by atoms with Crippen LogP contribution in [-0.2, 0) is 22.4 Å². The molecule has 0 fully saturated rings. The number of nitrogens with zero attached hydrogens (tertiary/aromatic N) is 1. The molecule has 0 amide bonds. The highest BCUT2D eigenvalue weighted by Crippen LogP contribution is 2.29. The predicted octanol–water partition coefficient (Wildman–Crippen LogP) is 4.56. The van der Waals surface area contributed by atoms with Crippen LogP contribution in [0, 0.1) is 0 Å². The average molecular weight is 470 g/mol. The predicted molar refractivity (Wildman–Crippen MR) is 132 cm³/mol. The summed E-state index contributed by atoms with van der Waals surface area (Å²) in [5, 5.41) is 10.3. The molecule has 0 atom stereocenters. The molecule has 0 spiro atoms. The molecule has 2 aromatic rings. The molecule has 0 radical (unpaired) electrons. The van der Waals surface area contributed by atoms with E-state index in [1.165, 1.54) is 12.1 Å². The summed E-state index contributed by atoms with van der Waals surface area (Å²) in [7, 11) is 3.65. The molecule has 0 aliphatic carbocycles. The molecular formula is C27H35NO6. The van der Waals surface area contributed by atoms with Crippen molar-refractivity contribution in [3.63, 3.8) is 0 Å². The highest BCUT2D eigenvalue weighted by atomic mass is 16.5. The van der Waals surface area contributed by atoms with Crippen molar-refractivity contribution in [2.75, 3.05) is 33.9 Å². The molecule has 34 heavy (non-hydrogen) atoms. The van der Waals surface area contributed by atoms with Crippen LogP contribution in [0.4, 0.5) is 0 Å². The fourth-order valence-electron chi connectivity index (χ4n) is 3.19. The van der Waals surface area contributed by atoms with E-state index in [1.54, 1.807) is 24.1 Å². The van der Waals surface area contributed by atoms with Crippen LogP contribution in [0.25, 0.3) is 0 Å². The first kappa shape index (κ1) is 26.8. The zero-order chi connectivity index (χ0) is 24.9. The number of ether oxygens (including phenoxy) is 3. The number of hydrogen-bond donors (Lipinski definition) is 1. The molecule has 7 nitrogen and oxygen atoms in total. The minimum Gasteiger partial charge on any atom is -0.507 e. The van der Waals surface area contributed by atoms with Crippen LogP contribution in [0.2, 0.25) is 0 Å². The Morgan fingerprint density at radius 3 is 2.38 bits per heavy atom. The lowest BCUT2D eigenvalue weighted by atomic mass is 10.0. The number of phenolic OH excluding ortho intramolecular Hbond substituents is 1. The van der Waals surface area contributed by atoms with Crippen LogP contribution in [0.5, 0.6) is 17.2 Å². The van der Waals surface area contributed by atoms with Gasteiger partial charge in [-0.1, -0.05) is 19.1 Å². The molecular weight excluding hydrogens is 434 g/mol. The largest absolute Gasteiger partial charge is 0.507 e. The number of aromatic hydroxyl groups is 1. The first-order valence-corrected chi connectivity index (χ1v) is 11.6. The van der Waals surface area contributed by atoms with Crippen LogP contribution in [0.1, 0.15) is 48.2 Å². The number of esters is 1. The van der Waals surface area contributed by atoms with Crippen molar-refractivity contribution in [2.24, 2.45) is 0 Å². The van der Waals surface area contributed by atoms with E-state index in [1.807, 2.05) is 45.3 Å². The number of carbonyl (C=O) groups is 2. The van der Waals surface area contributed by atoms with Gasteiger partial charge in [-0.3, -0.25) is 9.59 Å². The van der Waals surface area contributed by atoms with Gasteiger partial charge >= 0.3 is 5.97 Å². The molecule has 0 saturated carbocycles. The van der Waals surface area contributed by atoms with Gasteiger partial charge in [0, 0.05) is 45.3 Å². The number of aryl methyl sites for hydroxylation is 2. The smallest absolute Gasteiger partial charge is 0.306 e. The Morgan fingerprint density at radius 2 is 1.74 bits per heavy atom. The Morgan fingerprint density at radius 1 is 1.03 bits per heavy atom. The number of benzene rings is 2. The van der Waals surface area contributed by atoms with E-state index in [2.05, 4.69) is 0 Å². The normalized spacial score (nSPS) is 10.8. The van der Waals surface area contributed by atoms with E-state index in [-0.39, 0.29) is 23.1 Å². The molecule has 1 N–H and O–H groups in total. The highest BCUT2D eigenvalue weighted by molar-refractivity contribution is 6.06. The lowest BCUT2D eigenvalue weighted by Gasteiger charge is -2.13. The lowest BCUT2D eigenvalue weighted by molar-refractivity contribution is -0.143. The summed E-state index contributed by atoms with van der Waals surface area (Å²) in [6, 6.07) is 10.8. The molecule has 184 valence electrons. The van der Waals surface area contributed by atoms with Crippen molar-refractivity contribution in [2.45, 2.75) is 39.5 Å². The second-order valence-electron chi connectivity index (χ2n) is 7.97. The molecule has 0 aliphatic rings. The molecule has 0 heterocycles. The summed E-state index contributed by atoms with van der Waals surface area (Å²) in [6.45, 7) is 5.06. The first-order valence-electron chi connectivity index (χ1n) is 11.6. The average Bonchev–Trinajstić information content (AvgIpc) is 2.82. The molecule has 2 aromatic carbocycles. The third kappa shape index (κ3) is 8.81. The summed E-state index contributed by atoms with van der Waals surface area (Å²) >= 11 is 0.